The van der Waals surface area contributed by atoms with Gasteiger partial charge in [-0.3, -0.25) is 9.48 Å². The minimum Gasteiger partial charge on any atom is -0.394 e. The smallest absolute Gasteiger partial charge is 0.229 e. The van der Waals surface area contributed by atoms with E-state index in [1.807, 2.05) is 12.3 Å². The number of carbonyl (C=O) groups excluding carboxylic acids is 1. The molecule has 1 unspecified atom stereocenters. The number of anilines is 3. The van der Waals surface area contributed by atoms with Crippen LogP contribution in [-0.4, -0.2) is 67.4 Å². The summed E-state index contributed by atoms with van der Waals surface area (Å²) in [6.07, 6.45) is 9.55. The lowest BCUT2D eigenvalue weighted by molar-refractivity contribution is -0.135. The number of aromatic nitrogens is 4. The number of nitrogens with zero attached hydrogens (tertiary/aromatic N) is 6. The number of carbonyl (C=O) groups is 1. The average molecular weight is 383 g/mol. The number of aliphatic hydroxyl groups is 1. The quantitative estimate of drug-likeness (QED) is 0.768. The van der Waals surface area contributed by atoms with Gasteiger partial charge in [0.2, 0.25) is 11.9 Å². The number of piperazine rings is 1. The minimum atomic E-state index is 0.0463. The van der Waals surface area contributed by atoms with Crippen LogP contribution in [0.3, 0.4) is 0 Å². The Morgan fingerprint density at radius 1 is 1.21 bits per heavy atom. The summed E-state index contributed by atoms with van der Waals surface area (Å²) in [7, 11) is 0. The summed E-state index contributed by atoms with van der Waals surface area (Å²) in [5.41, 5.74) is 0.783. The van der Waals surface area contributed by atoms with E-state index in [1.54, 1.807) is 17.1 Å². The highest BCUT2D eigenvalue weighted by atomic mass is 16.3. The molecule has 0 spiro atoms. The molecule has 4 heterocycles. The molecule has 9 heteroatoms. The zero-order chi connectivity index (χ0) is 19.1. The Morgan fingerprint density at radius 3 is 2.71 bits per heavy atom. The third-order valence-corrected chi connectivity index (χ3v) is 5.85. The predicted molar refractivity (Wildman–Crippen MR) is 103 cm³/mol. The van der Waals surface area contributed by atoms with E-state index in [4.69, 9.17) is 5.11 Å². The van der Waals surface area contributed by atoms with Crippen molar-refractivity contribution in [2.24, 2.45) is 5.92 Å². The highest BCUT2D eigenvalue weighted by Gasteiger charge is 2.46. The van der Waals surface area contributed by atoms with Gasteiger partial charge in [-0.1, -0.05) is 0 Å². The van der Waals surface area contributed by atoms with E-state index < -0.39 is 0 Å². The minimum absolute atomic E-state index is 0.0463. The molecule has 2 N–H and O–H groups in total. The number of hydrogen-bond donors (Lipinski definition) is 2. The Labute approximate surface area is 163 Å². The third kappa shape index (κ3) is 3.30. The summed E-state index contributed by atoms with van der Waals surface area (Å²) >= 11 is 0. The van der Waals surface area contributed by atoms with Crippen LogP contribution in [0.4, 0.5) is 17.5 Å². The van der Waals surface area contributed by atoms with Crippen molar-refractivity contribution in [2.45, 2.75) is 44.3 Å². The van der Waals surface area contributed by atoms with Crippen molar-refractivity contribution < 1.29 is 9.90 Å². The summed E-state index contributed by atoms with van der Waals surface area (Å²) in [4.78, 5) is 26.1. The van der Waals surface area contributed by atoms with Gasteiger partial charge in [0.25, 0.3) is 0 Å². The summed E-state index contributed by atoms with van der Waals surface area (Å²) in [6, 6.07) is 2.53. The molecule has 0 radical (unpaired) electrons. The Kier molecular flexibility index (Phi) is 4.38. The molecule has 1 aliphatic carbocycles. The average Bonchev–Trinajstić information content (AvgIpc) is 3.41. The maximum atomic E-state index is 12.6. The molecule has 148 valence electrons. The number of amides is 1. The monoisotopic (exact) mass is 383 g/mol. The van der Waals surface area contributed by atoms with Crippen molar-refractivity contribution in [3.05, 3.63) is 24.7 Å². The van der Waals surface area contributed by atoms with Gasteiger partial charge >= 0.3 is 0 Å². The van der Waals surface area contributed by atoms with Crippen LogP contribution in [0.25, 0.3) is 0 Å². The van der Waals surface area contributed by atoms with Crippen molar-refractivity contribution in [1.29, 1.82) is 0 Å². The molecule has 2 aliphatic heterocycles. The lowest BCUT2D eigenvalue weighted by Gasteiger charge is -2.41. The van der Waals surface area contributed by atoms with Gasteiger partial charge in [0, 0.05) is 43.5 Å². The van der Waals surface area contributed by atoms with E-state index in [0.717, 1.165) is 50.3 Å². The van der Waals surface area contributed by atoms with E-state index in [1.165, 1.54) is 0 Å². The summed E-state index contributed by atoms with van der Waals surface area (Å²) in [5, 5.41) is 16.3. The largest absolute Gasteiger partial charge is 0.394 e. The summed E-state index contributed by atoms with van der Waals surface area (Å²) in [6.45, 7) is 2.17. The first-order chi connectivity index (χ1) is 13.7. The predicted octanol–water partition coefficient (Wildman–Crippen LogP) is 0.999. The van der Waals surface area contributed by atoms with Crippen LogP contribution in [0, 0.1) is 5.92 Å². The topological polar surface area (TPSA) is 99.4 Å². The number of rotatable bonds is 6. The molecule has 2 aromatic heterocycles. The van der Waals surface area contributed by atoms with Gasteiger partial charge in [-0.2, -0.15) is 10.1 Å². The molecule has 9 nitrogen and oxygen atoms in total. The Balaban J connectivity index is 1.28. The second kappa shape index (κ2) is 7.05. The lowest BCUT2D eigenvalue weighted by atomic mass is 10.1. The molecule has 2 aromatic rings. The van der Waals surface area contributed by atoms with Crippen LogP contribution in [0.15, 0.2) is 24.7 Å². The maximum Gasteiger partial charge on any atom is 0.229 e. The molecular formula is C19H25N7O2. The van der Waals surface area contributed by atoms with Gasteiger partial charge in [0.15, 0.2) is 0 Å². The van der Waals surface area contributed by atoms with E-state index in [2.05, 4.69) is 30.2 Å². The van der Waals surface area contributed by atoms with Crippen LogP contribution in [0.2, 0.25) is 0 Å². The summed E-state index contributed by atoms with van der Waals surface area (Å²) in [5.74, 6) is 2.06. The molecule has 5 rings (SSSR count). The normalized spacial score (nSPS) is 23.9. The molecule has 1 saturated carbocycles. The van der Waals surface area contributed by atoms with Crippen LogP contribution in [0.5, 0.6) is 0 Å². The van der Waals surface area contributed by atoms with E-state index in [0.29, 0.717) is 30.5 Å². The molecule has 2 atom stereocenters. The molecule has 2 saturated heterocycles. The molecule has 3 fully saturated rings. The standard InChI is InChI=1S/C19H25N7O2/c27-8-7-25-10-14(9-21-25)22-19-20-6-5-17(23-19)24-11-15-3-4-16(12-24)26(15)18(28)13-1-2-13/h5-6,9-10,13,15-16,27H,1-4,7-8,11-12H2,(H,20,22,23)/t15-,16?/m0/s1. The van der Waals surface area contributed by atoms with Crippen molar-refractivity contribution in [3.8, 4) is 0 Å². The highest BCUT2D eigenvalue weighted by Crippen LogP contribution is 2.38. The first-order valence-corrected chi connectivity index (χ1v) is 10.0. The van der Waals surface area contributed by atoms with Gasteiger partial charge in [-0.05, 0) is 31.7 Å². The number of fused-ring (bicyclic) bond motifs is 2. The first kappa shape index (κ1) is 17.4. The van der Waals surface area contributed by atoms with Gasteiger partial charge < -0.3 is 20.2 Å². The number of nitrogens with one attached hydrogen (secondary N) is 1. The van der Waals surface area contributed by atoms with Crippen molar-refractivity contribution in [2.75, 3.05) is 29.9 Å². The van der Waals surface area contributed by atoms with Crippen LogP contribution >= 0.6 is 0 Å². The molecule has 0 aromatic carbocycles. The van der Waals surface area contributed by atoms with Crippen LogP contribution < -0.4 is 10.2 Å². The first-order valence-electron chi connectivity index (χ1n) is 10.0. The lowest BCUT2D eigenvalue weighted by Crippen LogP contribution is -2.56. The van der Waals surface area contributed by atoms with E-state index in [-0.39, 0.29) is 12.5 Å². The molecule has 1 amide bonds. The van der Waals surface area contributed by atoms with Gasteiger partial charge in [0.05, 0.1) is 25.0 Å². The number of hydrogen-bond acceptors (Lipinski definition) is 7. The zero-order valence-corrected chi connectivity index (χ0v) is 15.7. The molecular weight excluding hydrogens is 358 g/mol. The van der Waals surface area contributed by atoms with Crippen LogP contribution in [-0.2, 0) is 11.3 Å². The van der Waals surface area contributed by atoms with Crippen LogP contribution in [0.1, 0.15) is 25.7 Å². The maximum absolute atomic E-state index is 12.6. The second-order valence-electron chi connectivity index (χ2n) is 7.89. The van der Waals surface area contributed by atoms with Gasteiger partial charge in [0.1, 0.15) is 5.82 Å². The molecule has 2 bridgehead atoms. The fraction of sp³-hybridized carbons (Fsp3) is 0.579. The zero-order valence-electron chi connectivity index (χ0n) is 15.7. The third-order valence-electron chi connectivity index (χ3n) is 5.85. The van der Waals surface area contributed by atoms with Crippen molar-refractivity contribution >= 4 is 23.4 Å². The Hall–Kier alpha value is -2.68. The van der Waals surface area contributed by atoms with Crippen molar-refractivity contribution in [3.63, 3.8) is 0 Å². The SMILES string of the molecule is O=C(C1CC1)N1C2CC[C@H]1CN(c1ccnc(Nc3cnn(CCO)c3)n1)C2. The van der Waals surface area contributed by atoms with Gasteiger partial charge in [-0.15, -0.1) is 0 Å². The second-order valence-corrected chi connectivity index (χ2v) is 7.89. The Bertz CT molecular complexity index is 851. The fourth-order valence-electron chi connectivity index (χ4n) is 4.36. The summed E-state index contributed by atoms with van der Waals surface area (Å²) < 4.78 is 1.67. The van der Waals surface area contributed by atoms with Gasteiger partial charge in [-0.25, -0.2) is 4.98 Å². The Morgan fingerprint density at radius 2 is 2.00 bits per heavy atom. The van der Waals surface area contributed by atoms with E-state index >= 15 is 0 Å². The van der Waals surface area contributed by atoms with E-state index in [9.17, 15) is 4.79 Å². The number of aliphatic hydroxyl groups excluding tert-OH is 1. The highest BCUT2D eigenvalue weighted by molar-refractivity contribution is 5.82. The fourth-order valence-corrected chi connectivity index (χ4v) is 4.36. The van der Waals surface area contributed by atoms with Crippen molar-refractivity contribution in [1.82, 2.24) is 24.6 Å². The molecule has 3 aliphatic rings. The molecule has 28 heavy (non-hydrogen) atoms.